The molecule has 0 aliphatic heterocycles. The highest BCUT2D eigenvalue weighted by atomic mass is 16.5. The van der Waals surface area contributed by atoms with E-state index in [4.69, 9.17) is 8.83 Å². The van der Waals surface area contributed by atoms with E-state index in [2.05, 4.69) is 4.98 Å². The molecule has 0 fully saturated rings. The molecule has 3 heteroatoms. The van der Waals surface area contributed by atoms with Crippen molar-refractivity contribution in [3.63, 3.8) is 0 Å². The van der Waals surface area contributed by atoms with Crippen LogP contribution in [-0.2, 0) is 0 Å². The lowest BCUT2D eigenvalue weighted by Crippen LogP contribution is -1.62. The third-order valence-corrected chi connectivity index (χ3v) is 1.13. The van der Waals surface area contributed by atoms with Gasteiger partial charge in [-0.25, -0.2) is 4.98 Å². The molecule has 0 spiro atoms. The lowest BCUT2D eigenvalue weighted by atomic mass is 10.6. The summed E-state index contributed by atoms with van der Waals surface area (Å²) >= 11 is 0. The van der Waals surface area contributed by atoms with Crippen LogP contribution in [0.4, 0.5) is 0 Å². The zero-order valence-electron chi connectivity index (χ0n) is 4.92. The summed E-state index contributed by atoms with van der Waals surface area (Å²) < 4.78 is 9.94. The monoisotopic (exact) mass is 123 g/mol. The molecule has 0 atom stereocenters. The van der Waals surface area contributed by atoms with Crippen LogP contribution in [0.5, 0.6) is 0 Å². The van der Waals surface area contributed by atoms with Gasteiger partial charge in [0.05, 0.1) is 6.26 Å². The topological polar surface area (TPSA) is 39.2 Å². The minimum atomic E-state index is 0.507. The first-order valence-electron chi connectivity index (χ1n) is 2.67. The zero-order valence-corrected chi connectivity index (χ0v) is 4.92. The van der Waals surface area contributed by atoms with E-state index in [1.807, 2.05) is 0 Å². The lowest BCUT2D eigenvalue weighted by Gasteiger charge is -1.71. The first-order valence-corrected chi connectivity index (χ1v) is 2.67. The van der Waals surface area contributed by atoms with E-state index in [-0.39, 0.29) is 0 Å². The van der Waals surface area contributed by atoms with Crippen LogP contribution < -0.4 is 0 Å². The van der Waals surface area contributed by atoms with Gasteiger partial charge >= 0.3 is 5.78 Å². The highest BCUT2D eigenvalue weighted by Crippen LogP contribution is 2.14. The van der Waals surface area contributed by atoms with Crippen molar-refractivity contribution in [1.82, 2.24) is 4.98 Å². The fourth-order valence-corrected chi connectivity index (χ4v) is 0.775. The maximum absolute atomic E-state index is 5.03. The van der Waals surface area contributed by atoms with Crippen molar-refractivity contribution in [1.29, 1.82) is 0 Å². The number of nitrogens with zero attached hydrogens (tertiary/aromatic N) is 1. The Labute approximate surface area is 51.3 Å². The van der Waals surface area contributed by atoms with Gasteiger partial charge in [0.1, 0.15) is 0 Å². The Hall–Kier alpha value is -1.25. The molecule has 2 rings (SSSR count). The predicted molar refractivity (Wildman–Crippen MR) is 31.0 cm³/mol. The first-order chi connectivity index (χ1) is 4.36. The highest BCUT2D eigenvalue weighted by molar-refractivity contribution is 5.65. The van der Waals surface area contributed by atoms with Crippen molar-refractivity contribution in [2.24, 2.45) is 0 Å². The van der Waals surface area contributed by atoms with E-state index >= 15 is 0 Å². The summed E-state index contributed by atoms with van der Waals surface area (Å²) in [4.78, 5) is 4.01. The van der Waals surface area contributed by atoms with Gasteiger partial charge in [-0.05, 0) is 0 Å². The average molecular weight is 123 g/mol. The van der Waals surface area contributed by atoms with E-state index in [0.29, 0.717) is 11.7 Å². The lowest BCUT2D eigenvalue weighted by molar-refractivity contribution is 0.455. The maximum Gasteiger partial charge on any atom is 0.318 e. The Morgan fingerprint density at radius 3 is 3.22 bits per heavy atom. The zero-order chi connectivity index (χ0) is 6.27. The molecule has 0 saturated heterocycles. The molecule has 0 aliphatic rings. The number of fused-ring (bicyclic) bond motifs is 1. The predicted octanol–water partition coefficient (Wildman–Crippen LogP) is 1.73. The van der Waals surface area contributed by atoms with E-state index < -0.39 is 0 Å². The molecule has 0 unspecified atom stereocenters. The molecular weight excluding hydrogens is 118 g/mol. The van der Waals surface area contributed by atoms with E-state index in [9.17, 15) is 0 Å². The van der Waals surface area contributed by atoms with Gasteiger partial charge in [-0.2, -0.15) is 0 Å². The van der Waals surface area contributed by atoms with Crippen molar-refractivity contribution in [2.45, 2.75) is 6.92 Å². The molecule has 2 heterocycles. The third kappa shape index (κ3) is 0.543. The maximum atomic E-state index is 5.03. The van der Waals surface area contributed by atoms with E-state index in [1.54, 1.807) is 19.3 Å². The van der Waals surface area contributed by atoms with E-state index in [0.717, 1.165) is 5.52 Å². The smallest absolute Gasteiger partial charge is 0.318 e. The molecule has 0 amide bonds. The van der Waals surface area contributed by atoms with Crippen molar-refractivity contribution in [2.75, 3.05) is 0 Å². The summed E-state index contributed by atoms with van der Waals surface area (Å²) in [5.74, 6) is 1.15. The summed E-state index contributed by atoms with van der Waals surface area (Å²) in [6, 6.07) is 1.77. The Balaban J connectivity index is 2.92. The van der Waals surface area contributed by atoms with Gasteiger partial charge in [0.2, 0.25) is 0 Å². The molecule has 9 heavy (non-hydrogen) atoms. The summed E-state index contributed by atoms with van der Waals surface area (Å²) in [6.45, 7) is 1.79. The molecule has 0 aromatic carbocycles. The first kappa shape index (κ1) is 4.61. The fraction of sp³-hybridized carbons (Fsp3) is 0.167. The molecule has 2 aromatic rings. The van der Waals surface area contributed by atoms with Gasteiger partial charge in [0.25, 0.3) is 0 Å². The SMILES string of the molecule is Cc1nc2ccoc2o1. The van der Waals surface area contributed by atoms with Crippen LogP contribution in [0, 0.1) is 6.92 Å². The Kier molecular flexibility index (Phi) is 0.704. The average Bonchev–Trinajstić information content (AvgIpc) is 2.22. The standard InChI is InChI=1S/C6H5NO2/c1-4-7-5-2-3-8-6(5)9-4/h2-3H,1H3. The number of aromatic nitrogens is 1. The number of hydrogen-bond donors (Lipinski definition) is 0. The van der Waals surface area contributed by atoms with Crippen molar-refractivity contribution < 1.29 is 8.83 Å². The molecule has 3 nitrogen and oxygen atoms in total. The molecule has 2 aromatic heterocycles. The Morgan fingerprint density at radius 1 is 1.56 bits per heavy atom. The summed E-state index contributed by atoms with van der Waals surface area (Å²) in [7, 11) is 0. The largest absolute Gasteiger partial charge is 0.432 e. The minimum Gasteiger partial charge on any atom is -0.432 e. The molecule has 0 saturated carbocycles. The summed E-state index contributed by atoms with van der Waals surface area (Å²) in [5, 5.41) is 0. The minimum absolute atomic E-state index is 0.507. The van der Waals surface area contributed by atoms with Crippen LogP contribution in [0.15, 0.2) is 21.2 Å². The van der Waals surface area contributed by atoms with Gasteiger partial charge < -0.3 is 8.83 Å². The van der Waals surface area contributed by atoms with Crippen LogP contribution in [0.3, 0.4) is 0 Å². The second-order valence-electron chi connectivity index (χ2n) is 1.83. The van der Waals surface area contributed by atoms with Crippen LogP contribution in [0.1, 0.15) is 5.89 Å². The summed E-state index contributed by atoms with van der Waals surface area (Å²) in [6.07, 6.45) is 1.56. The molecule has 0 N–H and O–H groups in total. The summed E-state index contributed by atoms with van der Waals surface area (Å²) in [5.41, 5.74) is 0.785. The fourth-order valence-electron chi connectivity index (χ4n) is 0.775. The van der Waals surface area contributed by atoms with Crippen LogP contribution in [-0.4, -0.2) is 4.98 Å². The van der Waals surface area contributed by atoms with Crippen molar-refractivity contribution in [3.8, 4) is 0 Å². The highest BCUT2D eigenvalue weighted by Gasteiger charge is 2.01. The Morgan fingerprint density at radius 2 is 2.44 bits per heavy atom. The van der Waals surface area contributed by atoms with Gasteiger partial charge in [0.15, 0.2) is 11.4 Å². The number of hydrogen-bond acceptors (Lipinski definition) is 3. The van der Waals surface area contributed by atoms with Gasteiger partial charge in [0, 0.05) is 13.0 Å². The molecule has 0 bridgehead atoms. The quantitative estimate of drug-likeness (QED) is 0.535. The second-order valence-corrected chi connectivity index (χ2v) is 1.83. The molecule has 46 valence electrons. The number of oxazole rings is 1. The van der Waals surface area contributed by atoms with Crippen LogP contribution >= 0.6 is 0 Å². The van der Waals surface area contributed by atoms with Crippen LogP contribution in [0.25, 0.3) is 11.3 Å². The van der Waals surface area contributed by atoms with Crippen LogP contribution in [0.2, 0.25) is 0 Å². The molecule has 0 aliphatic carbocycles. The number of aryl methyl sites for hydroxylation is 1. The van der Waals surface area contributed by atoms with E-state index in [1.165, 1.54) is 0 Å². The van der Waals surface area contributed by atoms with Gasteiger partial charge in [-0.15, -0.1) is 0 Å². The third-order valence-electron chi connectivity index (χ3n) is 1.13. The van der Waals surface area contributed by atoms with Gasteiger partial charge in [-0.1, -0.05) is 0 Å². The van der Waals surface area contributed by atoms with Crippen molar-refractivity contribution >= 4 is 11.3 Å². The molecule has 0 radical (unpaired) electrons. The second kappa shape index (κ2) is 1.37. The normalized spacial score (nSPS) is 10.8. The Bertz CT molecular complexity index is 292. The molecular formula is C6H5NO2. The number of rotatable bonds is 0. The van der Waals surface area contributed by atoms with Gasteiger partial charge in [-0.3, -0.25) is 0 Å². The number of furan rings is 1. The van der Waals surface area contributed by atoms with Crippen molar-refractivity contribution in [3.05, 3.63) is 18.2 Å².